The zero-order chi connectivity index (χ0) is 15.7. The van der Waals surface area contributed by atoms with Crippen LogP contribution < -0.4 is 11.1 Å². The lowest BCUT2D eigenvalue weighted by Crippen LogP contribution is -2.13. The Morgan fingerprint density at radius 3 is 2.95 bits per heavy atom. The van der Waals surface area contributed by atoms with E-state index in [9.17, 15) is 4.79 Å². The van der Waals surface area contributed by atoms with Crippen LogP contribution in [0, 0.1) is 6.92 Å². The van der Waals surface area contributed by atoms with Gasteiger partial charge in [-0.1, -0.05) is 0 Å². The highest BCUT2D eigenvalue weighted by Gasteiger charge is 2.11. The van der Waals surface area contributed by atoms with E-state index in [2.05, 4.69) is 31.2 Å². The highest BCUT2D eigenvalue weighted by atomic mass is 79.9. The highest BCUT2D eigenvalue weighted by molar-refractivity contribution is 9.10. The summed E-state index contributed by atoms with van der Waals surface area (Å²) >= 11 is 5.10. The van der Waals surface area contributed by atoms with Gasteiger partial charge in [0.15, 0.2) is 0 Å². The monoisotopic (exact) mass is 378 g/mol. The topological polar surface area (TPSA) is 83.8 Å². The first-order valence-corrected chi connectivity index (χ1v) is 8.39. The molecule has 0 radical (unpaired) electrons. The number of thiophene rings is 1. The van der Waals surface area contributed by atoms with Crippen LogP contribution in [0.15, 0.2) is 28.7 Å². The summed E-state index contributed by atoms with van der Waals surface area (Å²) in [6.45, 7) is 2.39. The Kier molecular flexibility index (Phi) is 4.28. The van der Waals surface area contributed by atoms with Gasteiger partial charge in [-0.15, -0.1) is 11.3 Å². The summed E-state index contributed by atoms with van der Waals surface area (Å²) in [4.78, 5) is 21.8. The average molecular weight is 379 g/mol. The number of aromatic amines is 1. The Morgan fingerprint density at radius 2 is 2.27 bits per heavy atom. The second kappa shape index (κ2) is 6.20. The van der Waals surface area contributed by atoms with E-state index in [1.165, 1.54) is 4.88 Å². The molecule has 3 aromatic rings. The van der Waals surface area contributed by atoms with Gasteiger partial charge in [-0.25, -0.2) is 4.98 Å². The molecule has 0 spiro atoms. The van der Waals surface area contributed by atoms with E-state index in [4.69, 9.17) is 5.73 Å². The molecule has 0 aliphatic rings. The predicted molar refractivity (Wildman–Crippen MR) is 93.1 cm³/mol. The molecule has 3 rings (SSSR count). The van der Waals surface area contributed by atoms with Crippen molar-refractivity contribution in [3.63, 3.8) is 0 Å². The zero-order valence-electron chi connectivity index (χ0n) is 11.9. The molecule has 0 atom stereocenters. The molecule has 0 bridgehead atoms. The number of halogens is 1. The van der Waals surface area contributed by atoms with Gasteiger partial charge in [0.05, 0.1) is 24.0 Å². The Morgan fingerprint density at radius 1 is 1.45 bits per heavy atom. The molecule has 0 unspecified atom stereocenters. The van der Waals surface area contributed by atoms with E-state index in [1.807, 2.05) is 31.2 Å². The van der Waals surface area contributed by atoms with Crippen LogP contribution in [-0.2, 0) is 17.8 Å². The van der Waals surface area contributed by atoms with E-state index in [-0.39, 0.29) is 5.91 Å². The average Bonchev–Trinajstić information content (AvgIpc) is 3.01. The lowest BCUT2D eigenvalue weighted by atomic mass is 10.2. The summed E-state index contributed by atoms with van der Waals surface area (Å²) in [5, 5.41) is 2.91. The Bertz CT molecular complexity index is 839. The normalized spacial score (nSPS) is 11.0. The second-order valence-corrected chi connectivity index (χ2v) is 7.17. The van der Waals surface area contributed by atoms with Crippen LogP contribution in [0.4, 0.5) is 5.69 Å². The van der Waals surface area contributed by atoms with E-state index in [0.717, 1.165) is 31.9 Å². The quantitative estimate of drug-likeness (QED) is 0.650. The SMILES string of the molecule is Cc1cc(Br)c(CC(=O)Nc2ccc3nc(CN)[nH]c3c2)s1. The fraction of sp³-hybridized carbons (Fsp3) is 0.200. The van der Waals surface area contributed by atoms with Crippen LogP contribution in [0.5, 0.6) is 0 Å². The van der Waals surface area contributed by atoms with Crippen molar-refractivity contribution in [3.05, 3.63) is 44.3 Å². The number of rotatable bonds is 4. The Labute approximate surface area is 140 Å². The van der Waals surface area contributed by atoms with Crippen molar-refractivity contribution in [1.29, 1.82) is 0 Å². The van der Waals surface area contributed by atoms with Crippen molar-refractivity contribution >= 4 is 49.9 Å². The Hall–Kier alpha value is -1.70. The molecule has 114 valence electrons. The van der Waals surface area contributed by atoms with E-state index in [0.29, 0.717) is 13.0 Å². The van der Waals surface area contributed by atoms with E-state index >= 15 is 0 Å². The number of hydrogen-bond acceptors (Lipinski definition) is 4. The van der Waals surface area contributed by atoms with Crippen LogP contribution in [0.1, 0.15) is 15.6 Å². The summed E-state index contributed by atoms with van der Waals surface area (Å²) < 4.78 is 0.988. The fourth-order valence-electron chi connectivity index (χ4n) is 2.24. The molecule has 4 N–H and O–H groups in total. The van der Waals surface area contributed by atoms with E-state index < -0.39 is 0 Å². The standard InChI is InChI=1S/C15H15BrN4OS/c1-8-4-10(16)13(22-8)6-15(21)18-9-2-3-11-12(5-9)20-14(7-17)19-11/h2-5H,6-7,17H2,1H3,(H,18,21)(H,19,20). The lowest BCUT2D eigenvalue weighted by molar-refractivity contribution is -0.115. The predicted octanol–water partition coefficient (Wildman–Crippen LogP) is 3.34. The largest absolute Gasteiger partial charge is 0.341 e. The molecular formula is C15H15BrN4OS. The lowest BCUT2D eigenvalue weighted by Gasteiger charge is -2.04. The van der Waals surface area contributed by atoms with Gasteiger partial charge in [0.2, 0.25) is 5.91 Å². The number of aromatic nitrogens is 2. The number of hydrogen-bond donors (Lipinski definition) is 3. The summed E-state index contributed by atoms with van der Waals surface area (Å²) in [5.74, 6) is 0.692. The minimum absolute atomic E-state index is 0.0412. The van der Waals surface area contributed by atoms with Crippen LogP contribution >= 0.6 is 27.3 Å². The van der Waals surface area contributed by atoms with Gasteiger partial charge in [-0.2, -0.15) is 0 Å². The number of carbonyl (C=O) groups excluding carboxylic acids is 1. The third-order valence-electron chi connectivity index (χ3n) is 3.21. The maximum Gasteiger partial charge on any atom is 0.229 e. The minimum atomic E-state index is -0.0412. The smallest absolute Gasteiger partial charge is 0.229 e. The van der Waals surface area contributed by atoms with Crippen molar-refractivity contribution in [2.45, 2.75) is 19.9 Å². The van der Waals surface area contributed by atoms with Crippen molar-refractivity contribution in [2.75, 3.05) is 5.32 Å². The molecule has 0 aliphatic carbocycles. The van der Waals surface area contributed by atoms with Crippen molar-refractivity contribution < 1.29 is 4.79 Å². The number of anilines is 1. The molecule has 0 saturated heterocycles. The molecule has 2 heterocycles. The summed E-state index contributed by atoms with van der Waals surface area (Å²) in [7, 11) is 0. The first kappa shape index (κ1) is 15.2. The summed E-state index contributed by atoms with van der Waals surface area (Å²) in [5.41, 5.74) is 8.02. The molecule has 7 heteroatoms. The number of nitrogens with two attached hydrogens (primary N) is 1. The summed E-state index contributed by atoms with van der Waals surface area (Å²) in [6.07, 6.45) is 0.355. The number of amides is 1. The number of nitrogens with one attached hydrogen (secondary N) is 2. The molecule has 1 amide bonds. The second-order valence-electron chi connectivity index (χ2n) is 4.97. The Balaban J connectivity index is 1.74. The third kappa shape index (κ3) is 3.21. The highest BCUT2D eigenvalue weighted by Crippen LogP contribution is 2.27. The van der Waals surface area contributed by atoms with Gasteiger partial charge >= 0.3 is 0 Å². The van der Waals surface area contributed by atoms with Crippen LogP contribution in [0.2, 0.25) is 0 Å². The number of benzene rings is 1. The summed E-state index contributed by atoms with van der Waals surface area (Å²) in [6, 6.07) is 7.61. The van der Waals surface area contributed by atoms with Gasteiger partial charge in [0.25, 0.3) is 0 Å². The number of carbonyl (C=O) groups is 1. The molecule has 0 saturated carbocycles. The van der Waals surface area contributed by atoms with Crippen LogP contribution in [0.3, 0.4) is 0 Å². The molecule has 22 heavy (non-hydrogen) atoms. The maximum atomic E-state index is 12.2. The van der Waals surface area contributed by atoms with E-state index in [1.54, 1.807) is 11.3 Å². The number of nitrogens with zero attached hydrogens (tertiary/aromatic N) is 1. The fourth-order valence-corrected chi connectivity index (χ4v) is 4.04. The van der Waals surface area contributed by atoms with Gasteiger partial charge in [0, 0.05) is 19.9 Å². The van der Waals surface area contributed by atoms with Gasteiger partial charge in [0.1, 0.15) is 5.82 Å². The number of fused-ring (bicyclic) bond motifs is 1. The molecule has 0 aliphatic heterocycles. The van der Waals surface area contributed by atoms with Crippen molar-refractivity contribution in [1.82, 2.24) is 9.97 Å². The van der Waals surface area contributed by atoms with Gasteiger partial charge < -0.3 is 16.0 Å². The number of H-pyrrole nitrogens is 1. The maximum absolute atomic E-state index is 12.2. The van der Waals surface area contributed by atoms with Crippen molar-refractivity contribution in [2.24, 2.45) is 5.73 Å². The zero-order valence-corrected chi connectivity index (χ0v) is 14.3. The molecule has 5 nitrogen and oxygen atoms in total. The first-order chi connectivity index (χ1) is 10.5. The van der Waals surface area contributed by atoms with Crippen molar-refractivity contribution in [3.8, 4) is 0 Å². The molecule has 2 aromatic heterocycles. The molecular weight excluding hydrogens is 364 g/mol. The molecule has 1 aromatic carbocycles. The third-order valence-corrected chi connectivity index (χ3v) is 5.23. The first-order valence-electron chi connectivity index (χ1n) is 6.78. The minimum Gasteiger partial charge on any atom is -0.341 e. The van der Waals surface area contributed by atoms with Crippen LogP contribution in [0.25, 0.3) is 11.0 Å². The van der Waals surface area contributed by atoms with Gasteiger partial charge in [-0.3, -0.25) is 4.79 Å². The van der Waals surface area contributed by atoms with Gasteiger partial charge in [-0.05, 0) is 47.1 Å². The molecule has 0 fully saturated rings. The number of imidazole rings is 1. The number of aryl methyl sites for hydroxylation is 1. The van der Waals surface area contributed by atoms with Crippen LogP contribution in [-0.4, -0.2) is 15.9 Å².